The molecule has 0 saturated carbocycles. The lowest BCUT2D eigenvalue weighted by Gasteiger charge is -2.33. The number of carbonyl (C=O) groups excluding carboxylic acids is 1. The molecule has 8 nitrogen and oxygen atoms in total. The summed E-state index contributed by atoms with van der Waals surface area (Å²) in [4.78, 5) is 30.3. The van der Waals surface area contributed by atoms with Crippen LogP contribution in [-0.4, -0.2) is 57.9 Å². The molecule has 1 saturated heterocycles. The molecule has 170 valence electrons. The zero-order valence-electron chi connectivity index (χ0n) is 19.0. The van der Waals surface area contributed by atoms with E-state index in [0.717, 1.165) is 36.3 Å². The molecular weight excluding hydrogens is 406 g/mol. The van der Waals surface area contributed by atoms with Gasteiger partial charge in [-0.2, -0.15) is 5.10 Å². The Bertz CT molecular complexity index is 1150. The molecule has 0 aliphatic carbocycles. The van der Waals surface area contributed by atoms with Gasteiger partial charge in [-0.25, -0.2) is 0 Å². The lowest BCUT2D eigenvalue weighted by Crippen LogP contribution is -2.47. The Balaban J connectivity index is 1.30. The monoisotopic (exact) mass is 437 g/mol. The van der Waals surface area contributed by atoms with E-state index in [4.69, 9.17) is 4.74 Å². The van der Waals surface area contributed by atoms with Crippen molar-refractivity contribution in [3.8, 4) is 0 Å². The van der Waals surface area contributed by atoms with E-state index >= 15 is 0 Å². The number of morpholine rings is 1. The number of aromatic nitrogens is 3. The number of ether oxygens (including phenoxy) is 1. The first-order valence-electron chi connectivity index (χ1n) is 11.1. The highest BCUT2D eigenvalue weighted by atomic mass is 16.5. The summed E-state index contributed by atoms with van der Waals surface area (Å²) in [5.41, 5.74) is 4.25. The molecule has 4 rings (SSSR count). The minimum absolute atomic E-state index is 0.0315. The molecule has 0 spiro atoms. The summed E-state index contributed by atoms with van der Waals surface area (Å²) in [6, 6.07) is 10.4. The van der Waals surface area contributed by atoms with Crippen molar-refractivity contribution in [3.05, 3.63) is 63.1 Å². The van der Waals surface area contributed by atoms with Crippen molar-refractivity contribution in [1.82, 2.24) is 25.0 Å². The fourth-order valence-corrected chi connectivity index (χ4v) is 4.50. The highest BCUT2D eigenvalue weighted by Crippen LogP contribution is 2.21. The molecule has 2 aromatic heterocycles. The summed E-state index contributed by atoms with van der Waals surface area (Å²) in [5.74, 6) is -0.0735. The van der Waals surface area contributed by atoms with Gasteiger partial charge in [-0.3, -0.25) is 19.2 Å². The predicted octanol–water partition coefficient (Wildman–Crippen LogP) is 1.83. The maximum absolute atomic E-state index is 12.6. The Kier molecular flexibility index (Phi) is 6.72. The van der Waals surface area contributed by atoms with Crippen LogP contribution in [0.3, 0.4) is 0 Å². The number of aromatic amines is 1. The smallest absolute Gasteiger partial charge is 0.253 e. The van der Waals surface area contributed by atoms with Crippen molar-refractivity contribution in [3.63, 3.8) is 0 Å². The van der Waals surface area contributed by atoms with Crippen LogP contribution in [0.1, 0.15) is 28.8 Å². The molecule has 32 heavy (non-hydrogen) atoms. The molecule has 2 N–H and O–H groups in total. The van der Waals surface area contributed by atoms with E-state index in [9.17, 15) is 9.59 Å². The third kappa shape index (κ3) is 4.92. The number of aryl methyl sites for hydroxylation is 3. The van der Waals surface area contributed by atoms with Crippen molar-refractivity contribution in [2.24, 2.45) is 7.05 Å². The van der Waals surface area contributed by atoms with Crippen molar-refractivity contribution in [2.75, 3.05) is 26.2 Å². The normalized spacial score (nSPS) is 17.0. The fraction of sp³-hybridized carbons (Fsp3) is 0.458. The zero-order valence-corrected chi connectivity index (χ0v) is 19.0. The van der Waals surface area contributed by atoms with Crippen molar-refractivity contribution >= 4 is 16.9 Å². The molecule has 1 amide bonds. The second-order valence-corrected chi connectivity index (χ2v) is 8.51. The first-order valence-corrected chi connectivity index (χ1v) is 11.1. The van der Waals surface area contributed by atoms with Crippen LogP contribution in [0.5, 0.6) is 0 Å². The molecule has 0 bridgehead atoms. The quantitative estimate of drug-likeness (QED) is 0.588. The Morgan fingerprint density at radius 3 is 2.84 bits per heavy atom. The van der Waals surface area contributed by atoms with Crippen LogP contribution < -0.4 is 10.9 Å². The molecule has 1 atom stereocenters. The summed E-state index contributed by atoms with van der Waals surface area (Å²) < 4.78 is 7.52. The maximum atomic E-state index is 12.6. The molecule has 1 unspecified atom stereocenters. The zero-order chi connectivity index (χ0) is 22.7. The Hall–Kier alpha value is -2.97. The topological polar surface area (TPSA) is 92.2 Å². The van der Waals surface area contributed by atoms with Gasteiger partial charge in [0.05, 0.1) is 18.4 Å². The van der Waals surface area contributed by atoms with Crippen molar-refractivity contribution < 1.29 is 9.53 Å². The van der Waals surface area contributed by atoms with Crippen LogP contribution in [-0.2, 0) is 29.5 Å². The van der Waals surface area contributed by atoms with E-state index in [1.54, 1.807) is 4.68 Å². The summed E-state index contributed by atoms with van der Waals surface area (Å²) >= 11 is 0. The number of hydrogen-bond acceptors (Lipinski definition) is 5. The number of nitrogens with zero attached hydrogens (tertiary/aromatic N) is 3. The van der Waals surface area contributed by atoms with Gasteiger partial charge in [0, 0.05) is 50.6 Å². The van der Waals surface area contributed by atoms with Gasteiger partial charge in [-0.1, -0.05) is 30.3 Å². The number of hydrogen-bond donors (Lipinski definition) is 2. The molecule has 1 aromatic carbocycles. The van der Waals surface area contributed by atoms with Gasteiger partial charge in [0.2, 0.25) is 5.91 Å². The summed E-state index contributed by atoms with van der Waals surface area (Å²) in [6.07, 6.45) is 0.619. The number of benzene rings is 1. The van der Waals surface area contributed by atoms with E-state index < -0.39 is 0 Å². The first kappa shape index (κ1) is 22.2. The molecule has 8 heteroatoms. The van der Waals surface area contributed by atoms with Crippen molar-refractivity contribution in [1.29, 1.82) is 0 Å². The molecule has 3 aromatic rings. The molecular formula is C24H31N5O3. The number of rotatable bonds is 7. The number of fused-ring (bicyclic) bond motifs is 1. The number of carbonyl (C=O) groups is 1. The molecule has 1 fully saturated rings. The number of amides is 1. The van der Waals surface area contributed by atoms with Gasteiger partial charge in [0.15, 0.2) is 0 Å². The van der Waals surface area contributed by atoms with Crippen LogP contribution in [0, 0.1) is 13.8 Å². The maximum Gasteiger partial charge on any atom is 0.253 e. The van der Waals surface area contributed by atoms with Gasteiger partial charge in [0.1, 0.15) is 5.65 Å². The van der Waals surface area contributed by atoms with Crippen LogP contribution >= 0.6 is 0 Å². The summed E-state index contributed by atoms with van der Waals surface area (Å²) in [6.45, 7) is 7.54. The SMILES string of the molecule is Cc1nn(C)c2[nH]c(=O)c(CCC(=O)NCC3CN(Cc4ccccc4)CCO3)c(C)c12. The minimum atomic E-state index is -0.155. The first-order chi connectivity index (χ1) is 15.4. The molecule has 3 heterocycles. The van der Waals surface area contributed by atoms with Gasteiger partial charge in [-0.15, -0.1) is 0 Å². The van der Waals surface area contributed by atoms with E-state index in [-0.39, 0.29) is 24.0 Å². The van der Waals surface area contributed by atoms with Crippen LogP contribution in [0.2, 0.25) is 0 Å². The van der Waals surface area contributed by atoms with Gasteiger partial charge in [-0.05, 0) is 31.4 Å². The van der Waals surface area contributed by atoms with E-state index in [0.29, 0.717) is 30.8 Å². The highest BCUT2D eigenvalue weighted by molar-refractivity contribution is 5.83. The second-order valence-electron chi connectivity index (χ2n) is 8.51. The third-order valence-electron chi connectivity index (χ3n) is 6.16. The van der Waals surface area contributed by atoms with Gasteiger partial charge >= 0.3 is 0 Å². The second kappa shape index (κ2) is 9.67. The van der Waals surface area contributed by atoms with Crippen LogP contribution in [0.15, 0.2) is 35.1 Å². The van der Waals surface area contributed by atoms with E-state index in [1.807, 2.05) is 39.1 Å². The molecule has 0 radical (unpaired) electrons. The number of nitrogens with one attached hydrogen (secondary N) is 2. The average molecular weight is 438 g/mol. The standard InChI is InChI=1S/C24H31N5O3/c1-16-20(24(31)26-23-22(16)17(2)27-28(23)3)9-10-21(30)25-13-19-15-29(11-12-32-19)14-18-7-5-4-6-8-18/h4-8,19H,9-15H2,1-3H3,(H,25,30)(H,26,31). The van der Waals surface area contributed by atoms with Crippen molar-refractivity contribution in [2.45, 2.75) is 39.3 Å². The highest BCUT2D eigenvalue weighted by Gasteiger charge is 2.21. The van der Waals surface area contributed by atoms with Gasteiger partial charge < -0.3 is 15.0 Å². The number of pyridine rings is 1. The van der Waals surface area contributed by atoms with Gasteiger partial charge in [0.25, 0.3) is 5.56 Å². The van der Waals surface area contributed by atoms with E-state index in [1.165, 1.54) is 5.56 Å². The molecule has 1 aliphatic rings. The average Bonchev–Trinajstić information content (AvgIpc) is 3.06. The third-order valence-corrected chi connectivity index (χ3v) is 6.16. The fourth-order valence-electron chi connectivity index (χ4n) is 4.50. The summed E-state index contributed by atoms with van der Waals surface area (Å²) in [7, 11) is 1.81. The largest absolute Gasteiger partial charge is 0.374 e. The Morgan fingerprint density at radius 1 is 1.28 bits per heavy atom. The number of H-pyrrole nitrogens is 1. The van der Waals surface area contributed by atoms with Crippen LogP contribution in [0.25, 0.3) is 11.0 Å². The lowest BCUT2D eigenvalue weighted by atomic mass is 10.0. The Labute approximate surface area is 187 Å². The lowest BCUT2D eigenvalue weighted by molar-refractivity contribution is -0.122. The van der Waals surface area contributed by atoms with Crippen LogP contribution in [0.4, 0.5) is 0 Å². The Morgan fingerprint density at radius 2 is 2.06 bits per heavy atom. The summed E-state index contributed by atoms with van der Waals surface area (Å²) in [5, 5.41) is 8.33. The molecule has 1 aliphatic heterocycles. The van der Waals surface area contributed by atoms with E-state index in [2.05, 4.69) is 32.4 Å². The predicted molar refractivity (Wildman–Crippen MR) is 124 cm³/mol. The minimum Gasteiger partial charge on any atom is -0.374 e.